The zero-order valence-corrected chi connectivity index (χ0v) is 30.0. The van der Waals surface area contributed by atoms with E-state index in [1.807, 2.05) is 24.3 Å². The number of nitrogens with zero attached hydrogens (tertiary/aromatic N) is 3. The Morgan fingerprint density at radius 2 is 1.08 bits per heavy atom. The smallest absolute Gasteiger partial charge is 0.164 e. The van der Waals surface area contributed by atoms with Crippen LogP contribution >= 0.6 is 0 Å². The van der Waals surface area contributed by atoms with Crippen LogP contribution in [0.1, 0.15) is 49.9 Å². The molecule has 2 aliphatic carbocycles. The Hall–Kier alpha value is -6.39. The molecule has 0 saturated heterocycles. The highest BCUT2D eigenvalue weighted by atomic mass is 16.3. The van der Waals surface area contributed by atoms with Crippen LogP contribution in [0, 0.1) is 0 Å². The zero-order chi connectivity index (χ0) is 35.6. The molecular weight excluding hydrogens is 647 g/mol. The molecule has 53 heavy (non-hydrogen) atoms. The summed E-state index contributed by atoms with van der Waals surface area (Å²) < 4.78 is 6.56. The highest BCUT2D eigenvalue weighted by molar-refractivity contribution is 6.12. The largest absolute Gasteiger partial charge is 0.455 e. The van der Waals surface area contributed by atoms with Crippen molar-refractivity contribution in [1.82, 2.24) is 15.0 Å². The fourth-order valence-corrected chi connectivity index (χ4v) is 9.14. The molecule has 9 aromatic rings. The van der Waals surface area contributed by atoms with Gasteiger partial charge in [0.15, 0.2) is 17.5 Å². The number of hydrogen-bond donors (Lipinski definition) is 0. The SMILES string of the molecule is CC1(C)c2cc3ccccc3cc2-c2c(-c3nc(-c4ccccc4)nc(-c4ccc5c(c4)C(C)(C)c4ccc6c(oc7ccccc76)c4-5)n3)cccc21. The van der Waals surface area contributed by atoms with Crippen molar-refractivity contribution >= 4 is 32.7 Å². The molecule has 2 heterocycles. The maximum absolute atomic E-state index is 6.56. The van der Waals surface area contributed by atoms with Crippen LogP contribution in [0.2, 0.25) is 0 Å². The first-order chi connectivity index (χ1) is 25.8. The first-order valence-electron chi connectivity index (χ1n) is 18.4. The molecule has 2 aromatic heterocycles. The van der Waals surface area contributed by atoms with Gasteiger partial charge in [-0.05, 0) is 74.0 Å². The predicted octanol–water partition coefficient (Wildman–Crippen LogP) is 12.5. The highest BCUT2D eigenvalue weighted by Crippen LogP contribution is 2.54. The lowest BCUT2D eigenvalue weighted by Crippen LogP contribution is -2.15. The third-order valence-electron chi connectivity index (χ3n) is 11.9. The lowest BCUT2D eigenvalue weighted by Gasteiger charge is -2.22. The third-order valence-corrected chi connectivity index (χ3v) is 11.9. The molecule has 0 bridgehead atoms. The Morgan fingerprint density at radius 1 is 0.415 bits per heavy atom. The standard InChI is InChI=1S/C49H35N3O/c1-48(2)37-19-12-18-35(42(37)36-25-29-15-8-9-16-30(29)26-40(36)48)47-51-45(28-13-6-5-7-14-28)50-46(52-47)31-21-22-34-39(27-31)49(3,4)38-24-23-33-32-17-10-11-20-41(32)53-44(33)43(34)38/h5-27H,1-4H3. The van der Waals surface area contributed by atoms with Crippen molar-refractivity contribution in [3.63, 3.8) is 0 Å². The molecule has 252 valence electrons. The Kier molecular flexibility index (Phi) is 6.04. The average Bonchev–Trinajstić information content (AvgIpc) is 3.76. The molecule has 4 nitrogen and oxygen atoms in total. The van der Waals surface area contributed by atoms with Crippen LogP contribution in [-0.2, 0) is 10.8 Å². The van der Waals surface area contributed by atoms with Crippen molar-refractivity contribution < 1.29 is 4.42 Å². The second-order valence-corrected chi connectivity index (χ2v) is 15.6. The molecule has 0 aliphatic heterocycles. The lowest BCUT2D eigenvalue weighted by atomic mass is 9.81. The number of furan rings is 1. The fourth-order valence-electron chi connectivity index (χ4n) is 9.14. The summed E-state index contributed by atoms with van der Waals surface area (Å²) in [6.45, 7) is 9.27. The number of fused-ring (bicyclic) bond motifs is 11. The van der Waals surface area contributed by atoms with Crippen LogP contribution in [0.25, 0.3) is 89.1 Å². The maximum atomic E-state index is 6.56. The molecule has 2 aliphatic rings. The maximum Gasteiger partial charge on any atom is 0.164 e. The van der Waals surface area contributed by atoms with Gasteiger partial charge in [-0.1, -0.05) is 143 Å². The van der Waals surface area contributed by atoms with Crippen LogP contribution in [0.3, 0.4) is 0 Å². The summed E-state index contributed by atoms with van der Waals surface area (Å²) in [5.41, 5.74) is 14.3. The quantitative estimate of drug-likeness (QED) is 0.186. The normalized spacial score (nSPS) is 14.7. The molecule has 0 spiro atoms. The van der Waals surface area contributed by atoms with E-state index in [1.54, 1.807) is 0 Å². The second kappa shape index (κ2) is 10.6. The van der Waals surface area contributed by atoms with Crippen LogP contribution in [0.5, 0.6) is 0 Å². The van der Waals surface area contributed by atoms with Crippen molar-refractivity contribution in [3.05, 3.63) is 162 Å². The molecule has 0 unspecified atom stereocenters. The summed E-state index contributed by atoms with van der Waals surface area (Å²) in [7, 11) is 0. The van der Waals surface area contributed by atoms with Crippen molar-refractivity contribution in [3.8, 4) is 56.4 Å². The van der Waals surface area contributed by atoms with Gasteiger partial charge >= 0.3 is 0 Å². The van der Waals surface area contributed by atoms with E-state index in [4.69, 9.17) is 19.4 Å². The summed E-state index contributed by atoms with van der Waals surface area (Å²) in [5.74, 6) is 1.99. The summed E-state index contributed by atoms with van der Waals surface area (Å²) in [4.78, 5) is 15.7. The van der Waals surface area contributed by atoms with Gasteiger partial charge in [-0.3, -0.25) is 0 Å². The number of rotatable bonds is 3. The lowest BCUT2D eigenvalue weighted by molar-refractivity contribution is 0.653. The minimum Gasteiger partial charge on any atom is -0.455 e. The monoisotopic (exact) mass is 681 g/mol. The van der Waals surface area contributed by atoms with Gasteiger partial charge in [0, 0.05) is 43.9 Å². The molecule has 11 rings (SSSR count). The second-order valence-electron chi connectivity index (χ2n) is 15.6. The Balaban J connectivity index is 1.12. The molecule has 0 fully saturated rings. The highest BCUT2D eigenvalue weighted by Gasteiger charge is 2.39. The van der Waals surface area contributed by atoms with Gasteiger partial charge in [0.25, 0.3) is 0 Å². The van der Waals surface area contributed by atoms with E-state index < -0.39 is 0 Å². The molecule has 0 saturated carbocycles. The van der Waals surface area contributed by atoms with Crippen LogP contribution in [0.15, 0.2) is 144 Å². The zero-order valence-electron chi connectivity index (χ0n) is 30.0. The predicted molar refractivity (Wildman–Crippen MR) is 216 cm³/mol. The van der Waals surface area contributed by atoms with E-state index in [2.05, 4.69) is 143 Å². The van der Waals surface area contributed by atoms with Crippen molar-refractivity contribution in [2.24, 2.45) is 0 Å². The molecular formula is C49H35N3O. The third kappa shape index (κ3) is 4.21. The topological polar surface area (TPSA) is 51.8 Å². The van der Waals surface area contributed by atoms with Crippen LogP contribution < -0.4 is 0 Å². The van der Waals surface area contributed by atoms with E-state index >= 15 is 0 Å². The minimum absolute atomic E-state index is 0.172. The summed E-state index contributed by atoms with van der Waals surface area (Å²) in [6.07, 6.45) is 0. The van der Waals surface area contributed by atoms with Gasteiger partial charge < -0.3 is 4.42 Å². The average molecular weight is 682 g/mol. The van der Waals surface area contributed by atoms with Gasteiger partial charge in [-0.2, -0.15) is 0 Å². The molecule has 0 radical (unpaired) electrons. The Morgan fingerprint density at radius 3 is 1.89 bits per heavy atom. The van der Waals surface area contributed by atoms with Gasteiger partial charge in [0.1, 0.15) is 11.2 Å². The first-order valence-corrected chi connectivity index (χ1v) is 18.4. The fraction of sp³-hybridized carbons (Fsp3) is 0.122. The van der Waals surface area contributed by atoms with E-state index in [0.717, 1.165) is 38.6 Å². The molecule has 0 amide bonds. The van der Waals surface area contributed by atoms with Crippen molar-refractivity contribution in [2.45, 2.75) is 38.5 Å². The summed E-state index contributed by atoms with van der Waals surface area (Å²) in [6, 6.07) is 49.7. The Bertz CT molecular complexity index is 3010. The number of aromatic nitrogens is 3. The van der Waals surface area contributed by atoms with E-state index in [1.165, 1.54) is 55.3 Å². The van der Waals surface area contributed by atoms with Crippen molar-refractivity contribution in [2.75, 3.05) is 0 Å². The van der Waals surface area contributed by atoms with Gasteiger partial charge in [0.05, 0.1) is 0 Å². The van der Waals surface area contributed by atoms with E-state index in [-0.39, 0.29) is 10.8 Å². The molecule has 0 atom stereocenters. The van der Waals surface area contributed by atoms with Gasteiger partial charge in [-0.25, -0.2) is 15.0 Å². The number of para-hydroxylation sites is 1. The summed E-state index contributed by atoms with van der Waals surface area (Å²) >= 11 is 0. The first kappa shape index (κ1) is 30.3. The van der Waals surface area contributed by atoms with E-state index in [9.17, 15) is 0 Å². The minimum atomic E-state index is -0.246. The van der Waals surface area contributed by atoms with Crippen molar-refractivity contribution in [1.29, 1.82) is 0 Å². The van der Waals surface area contributed by atoms with Crippen LogP contribution in [0.4, 0.5) is 0 Å². The van der Waals surface area contributed by atoms with E-state index in [0.29, 0.717) is 17.5 Å². The molecule has 4 heteroatoms. The molecule has 0 N–H and O–H groups in total. The molecule has 7 aromatic carbocycles. The number of hydrogen-bond acceptors (Lipinski definition) is 4. The summed E-state index contributed by atoms with van der Waals surface area (Å²) in [5, 5.41) is 4.78. The van der Waals surface area contributed by atoms with Crippen LogP contribution in [-0.4, -0.2) is 15.0 Å². The Labute approximate surface area is 307 Å². The van der Waals surface area contributed by atoms with Gasteiger partial charge in [-0.15, -0.1) is 0 Å². The number of benzene rings is 7. The van der Waals surface area contributed by atoms with Gasteiger partial charge in [0.2, 0.25) is 0 Å².